The van der Waals surface area contributed by atoms with Gasteiger partial charge < -0.3 is 82.1 Å². The molecular weight excluding hydrogens is 977 g/mol. The molecule has 0 aliphatic heterocycles. The van der Waals surface area contributed by atoms with Crippen LogP contribution in [0.15, 0.2) is 0 Å². The number of benzene rings is 2. The third-order valence-electron chi connectivity index (χ3n) is 10.6. The van der Waals surface area contributed by atoms with Crippen LogP contribution in [0.1, 0.15) is 164 Å². The molecule has 0 bridgehead atoms. The van der Waals surface area contributed by atoms with Crippen molar-refractivity contribution < 1.29 is 79.8 Å². The number of aliphatic hydroxyl groups is 10. The Morgan fingerprint density at radius 2 is 0.547 bits per heavy atom. The average Bonchev–Trinajstić information content (AvgIpc) is 3.42. The number of hydrogen-bond acceptors (Lipinski definition) is 16. The third kappa shape index (κ3) is 23.3. The molecule has 0 radical (unpaired) electrons. The molecule has 0 heterocycles. The summed E-state index contributed by atoms with van der Waals surface area (Å²) in [6.45, 7) is 26.5. The van der Waals surface area contributed by atoms with E-state index in [2.05, 4.69) is 21.3 Å². The summed E-state index contributed by atoms with van der Waals surface area (Å²) in [5.74, 6) is -3.35. The van der Waals surface area contributed by atoms with Crippen molar-refractivity contribution in [3.8, 4) is 0 Å². The molecule has 0 aliphatic rings. The van der Waals surface area contributed by atoms with Crippen LogP contribution in [-0.4, -0.2) is 190 Å². The maximum Gasteiger partial charge on any atom is 0.252 e. The van der Waals surface area contributed by atoms with E-state index >= 15 is 0 Å². The molecule has 0 aliphatic carbocycles. The predicted octanol–water partition coefficient (Wildman–Crippen LogP) is 1.76. The topological polar surface area (TPSA) is 359 Å². The maximum atomic E-state index is 13.6. The zero-order valence-electron chi connectivity index (χ0n) is 48.2. The van der Waals surface area contributed by atoms with Gasteiger partial charge in [-0.25, -0.2) is 0 Å². The first-order valence-electron chi connectivity index (χ1n) is 26.0. The highest BCUT2D eigenvalue weighted by molar-refractivity contribution is 6.08. The molecule has 0 saturated carbocycles. The molecule has 2 aromatic rings. The summed E-state index contributed by atoms with van der Waals surface area (Å²) in [6.07, 6.45) is -2.99. The minimum Gasteiger partial charge on any atom is -0.394 e. The van der Waals surface area contributed by atoms with Crippen molar-refractivity contribution in [3.05, 3.63) is 55.6 Å². The van der Waals surface area contributed by atoms with Crippen LogP contribution in [0.3, 0.4) is 0 Å². The summed E-state index contributed by atoms with van der Waals surface area (Å²) in [7, 11) is 0. The Morgan fingerprint density at radius 3 is 0.693 bits per heavy atom. The van der Waals surface area contributed by atoms with E-state index in [1.54, 1.807) is 0 Å². The zero-order chi connectivity index (χ0) is 59.9. The average molecular weight is 1080 g/mol. The molecule has 22 heteroatoms. The van der Waals surface area contributed by atoms with Crippen LogP contribution in [0.5, 0.6) is 0 Å². The van der Waals surface area contributed by atoms with E-state index in [1.165, 1.54) is 41.5 Å². The van der Waals surface area contributed by atoms with Gasteiger partial charge in [-0.15, -0.1) is 0 Å². The Labute approximate surface area is 446 Å². The van der Waals surface area contributed by atoms with Gasteiger partial charge in [0.1, 0.15) is 0 Å². The SMILES string of the molecule is CC.CC.CC.CC.CC.CC.Cc1c(C(=O)NC(CO)CO)c(C)c(N(C=O)CC(O)CC(O)CN(C=O)c2c(C)c(C(=O)NC(CO)CO)c(C)c(C(=O)NC(CO)CO)c2C)c(C)c1C(=O)NC(CO)CO. The summed E-state index contributed by atoms with van der Waals surface area (Å²) >= 11 is 0. The van der Waals surface area contributed by atoms with Crippen LogP contribution in [0.4, 0.5) is 11.4 Å². The fourth-order valence-corrected chi connectivity index (χ4v) is 7.55. The van der Waals surface area contributed by atoms with Crippen LogP contribution < -0.4 is 31.1 Å². The monoisotopic (exact) mass is 1070 g/mol. The molecule has 6 amide bonds. The van der Waals surface area contributed by atoms with Gasteiger partial charge in [0.25, 0.3) is 23.6 Å². The largest absolute Gasteiger partial charge is 0.394 e. The van der Waals surface area contributed by atoms with E-state index in [9.17, 15) is 79.8 Å². The van der Waals surface area contributed by atoms with E-state index in [1.807, 2.05) is 83.1 Å². The van der Waals surface area contributed by atoms with Crippen molar-refractivity contribution in [2.24, 2.45) is 0 Å². The highest BCUT2D eigenvalue weighted by Crippen LogP contribution is 2.36. The normalized spacial score (nSPS) is 10.9. The van der Waals surface area contributed by atoms with Gasteiger partial charge in [0.15, 0.2) is 0 Å². The second-order valence-electron chi connectivity index (χ2n) is 15.1. The van der Waals surface area contributed by atoms with E-state index in [0.717, 1.165) is 9.80 Å². The van der Waals surface area contributed by atoms with Gasteiger partial charge in [0.2, 0.25) is 12.8 Å². The smallest absolute Gasteiger partial charge is 0.252 e. The summed E-state index contributed by atoms with van der Waals surface area (Å²) in [5.41, 5.74) is 0.228. The Bertz CT molecular complexity index is 1700. The lowest BCUT2D eigenvalue weighted by Gasteiger charge is -2.31. The van der Waals surface area contributed by atoms with Crippen LogP contribution in [0.25, 0.3) is 0 Å². The first-order valence-corrected chi connectivity index (χ1v) is 26.0. The summed E-state index contributed by atoms with van der Waals surface area (Å²) < 4.78 is 0. The number of rotatable bonds is 26. The fraction of sp³-hybridized carbons (Fsp3) is 0.660. The van der Waals surface area contributed by atoms with Gasteiger partial charge in [-0.2, -0.15) is 0 Å². The molecule has 2 atom stereocenters. The first-order chi connectivity index (χ1) is 35.8. The van der Waals surface area contributed by atoms with E-state index < -0.39 is 132 Å². The van der Waals surface area contributed by atoms with Gasteiger partial charge in [0, 0.05) is 28.7 Å². The highest BCUT2D eigenvalue weighted by Gasteiger charge is 2.32. The molecule has 22 nitrogen and oxygen atoms in total. The Kier molecular flexibility index (Phi) is 47.3. The lowest BCUT2D eigenvalue weighted by Crippen LogP contribution is -2.43. The van der Waals surface area contributed by atoms with E-state index in [4.69, 9.17) is 0 Å². The van der Waals surface area contributed by atoms with Crippen LogP contribution in [0, 0.1) is 41.5 Å². The lowest BCUT2D eigenvalue weighted by atomic mass is 9.89. The van der Waals surface area contributed by atoms with Crippen molar-refractivity contribution in [1.29, 1.82) is 0 Å². The zero-order valence-corrected chi connectivity index (χ0v) is 48.2. The number of amides is 6. The van der Waals surface area contributed by atoms with E-state index in [-0.39, 0.29) is 67.0 Å². The number of nitrogens with one attached hydrogen (secondary N) is 4. The molecule has 75 heavy (non-hydrogen) atoms. The standard InChI is InChI=1S/C41H62N6O16.6C2H6/c1-20-32(38(60)42-26(10-48)11-49)22(3)36(23(4)33(20)39(61)43-27(12-50)13-51)46(18-56)8-30(58)7-31(59)9-47(19-57)37-24(5)34(40(62)44-28(14-52)15-53)21(2)35(25(37)6)41(63)45-29(16-54)17-55;6*1-2/h18-19,26-31,48-55,58-59H,7-17H2,1-6H3,(H,42,60)(H,43,61)(H,44,62)(H,45,63);6*1-2H3. The van der Waals surface area contributed by atoms with E-state index in [0.29, 0.717) is 12.8 Å². The van der Waals surface area contributed by atoms with Crippen LogP contribution >= 0.6 is 0 Å². The van der Waals surface area contributed by atoms with Gasteiger partial charge in [-0.05, 0) is 74.9 Å². The molecule has 14 N–H and O–H groups in total. The minimum absolute atomic E-state index is 0.0140. The molecule has 2 rings (SSSR count). The fourth-order valence-electron chi connectivity index (χ4n) is 7.55. The second kappa shape index (κ2) is 45.1. The van der Waals surface area contributed by atoms with Gasteiger partial charge in [0.05, 0.1) is 114 Å². The quantitative estimate of drug-likeness (QED) is 0.0597. The highest BCUT2D eigenvalue weighted by atomic mass is 16.3. The molecule has 436 valence electrons. The molecule has 0 saturated heterocycles. The molecular formula is C53H98N6O16. The number of carbonyl (C=O) groups is 6. The number of aliphatic hydroxyl groups excluding tert-OH is 10. The Balaban J connectivity index is -0.00000126. The van der Waals surface area contributed by atoms with Crippen molar-refractivity contribution in [1.82, 2.24) is 21.3 Å². The lowest BCUT2D eigenvalue weighted by molar-refractivity contribution is -0.108. The summed E-state index contributed by atoms with van der Waals surface area (Å²) in [6, 6.07) is -4.40. The van der Waals surface area contributed by atoms with Gasteiger partial charge in [-0.1, -0.05) is 83.1 Å². The Morgan fingerprint density at radius 1 is 0.373 bits per heavy atom. The van der Waals surface area contributed by atoms with Crippen molar-refractivity contribution in [2.75, 3.05) is 75.7 Å². The Hall–Kier alpha value is -5.14. The van der Waals surface area contributed by atoms with Crippen LogP contribution in [-0.2, 0) is 9.59 Å². The molecule has 0 spiro atoms. The van der Waals surface area contributed by atoms with Crippen molar-refractivity contribution >= 4 is 47.8 Å². The third-order valence-corrected chi connectivity index (χ3v) is 10.6. The molecule has 2 unspecified atom stereocenters. The van der Waals surface area contributed by atoms with Crippen molar-refractivity contribution in [3.63, 3.8) is 0 Å². The molecule has 0 aromatic heterocycles. The number of hydrogen-bond donors (Lipinski definition) is 14. The van der Waals surface area contributed by atoms with Crippen molar-refractivity contribution in [2.45, 2.75) is 167 Å². The molecule has 0 fully saturated rings. The number of nitrogens with zero attached hydrogens (tertiary/aromatic N) is 2. The number of carbonyl (C=O) groups excluding carboxylic acids is 6. The summed E-state index contributed by atoms with van der Waals surface area (Å²) in [4.78, 5) is 81.9. The second-order valence-corrected chi connectivity index (χ2v) is 15.1. The van der Waals surface area contributed by atoms with Gasteiger partial charge >= 0.3 is 0 Å². The van der Waals surface area contributed by atoms with Gasteiger partial charge in [-0.3, -0.25) is 28.8 Å². The minimum atomic E-state index is -1.56. The van der Waals surface area contributed by atoms with Crippen LogP contribution in [0.2, 0.25) is 0 Å². The summed E-state index contributed by atoms with van der Waals surface area (Å²) in [5, 5.41) is 109. The number of anilines is 2. The first kappa shape index (κ1) is 78.7. The predicted molar refractivity (Wildman–Crippen MR) is 295 cm³/mol. The molecule has 2 aromatic carbocycles. The maximum absolute atomic E-state index is 13.6.